The minimum atomic E-state index is -1.83. The van der Waals surface area contributed by atoms with E-state index in [-0.39, 0.29) is 11.2 Å². The molecule has 0 aromatic heterocycles. The Labute approximate surface area is 143 Å². The van der Waals surface area contributed by atoms with Gasteiger partial charge < -0.3 is 29.9 Å². The zero-order chi connectivity index (χ0) is 21.0. The van der Waals surface area contributed by atoms with E-state index >= 15 is 0 Å². The summed E-state index contributed by atoms with van der Waals surface area (Å²) in [6, 6.07) is 0. The number of rotatable bonds is 4. The third-order valence-electron chi connectivity index (χ3n) is 2.81. The highest BCUT2D eigenvalue weighted by Gasteiger charge is 2.11. The van der Waals surface area contributed by atoms with Crippen molar-refractivity contribution >= 4 is 12.3 Å². The molecule has 0 amide bonds. The van der Waals surface area contributed by atoms with Crippen LogP contribution in [0.25, 0.3) is 0 Å². The highest BCUT2D eigenvalue weighted by molar-refractivity contribution is 5.53. The van der Waals surface area contributed by atoms with E-state index in [4.69, 9.17) is 50.0 Å². The summed E-state index contributed by atoms with van der Waals surface area (Å²) in [5, 5.41) is 39.9. The van der Waals surface area contributed by atoms with E-state index in [2.05, 4.69) is 41.5 Å². The summed E-state index contributed by atoms with van der Waals surface area (Å²) in [7, 11) is 3.48. The number of hydrogen-bond donors (Lipinski definition) is 6. The maximum atomic E-state index is 8.56. The van der Waals surface area contributed by atoms with Crippen molar-refractivity contribution in [1.82, 2.24) is 0 Å². The van der Waals surface area contributed by atoms with Crippen molar-refractivity contribution in [3.8, 4) is 0 Å². The Morgan fingerprint density at radius 1 is 0.708 bits per heavy atom. The Kier molecular flexibility index (Phi) is 30.2. The zero-order valence-electron chi connectivity index (χ0n) is 15.7. The fourth-order valence-corrected chi connectivity index (χ4v) is 0.289. The van der Waals surface area contributed by atoms with Gasteiger partial charge in [0.15, 0.2) is 0 Å². The molecule has 0 aromatic rings. The van der Waals surface area contributed by atoms with Crippen LogP contribution in [0.3, 0.4) is 0 Å². The van der Waals surface area contributed by atoms with Gasteiger partial charge in [0.05, 0.1) is 11.2 Å². The summed E-state index contributed by atoms with van der Waals surface area (Å²) in [4.78, 5) is 17.1. The fraction of sp³-hybridized carbons (Fsp3) is 0.857. The molecule has 24 heavy (non-hydrogen) atoms. The Morgan fingerprint density at radius 3 is 0.833 bits per heavy atom. The SMILES string of the molecule is CCC(C)(C)OC.CCC(C)(C)OC.O=C(O)O.O=C(O)O.OO. The second-order valence-corrected chi connectivity index (χ2v) is 5.20. The zero-order valence-corrected chi connectivity index (χ0v) is 15.7. The predicted molar refractivity (Wildman–Crippen MR) is 89.3 cm³/mol. The minimum Gasteiger partial charge on any atom is -0.450 e. The Balaban J connectivity index is -0.0000000666. The third-order valence-corrected chi connectivity index (χ3v) is 2.81. The molecule has 0 radical (unpaired) electrons. The molecule has 6 N–H and O–H groups in total. The van der Waals surface area contributed by atoms with Crippen LogP contribution < -0.4 is 0 Å². The van der Waals surface area contributed by atoms with Gasteiger partial charge in [-0.1, -0.05) is 13.8 Å². The van der Waals surface area contributed by atoms with Gasteiger partial charge in [0.2, 0.25) is 0 Å². The Hall–Kier alpha value is -1.62. The summed E-state index contributed by atoms with van der Waals surface area (Å²) in [6.45, 7) is 12.5. The monoisotopic (exact) mass is 362 g/mol. The molecule has 10 heteroatoms. The van der Waals surface area contributed by atoms with Crippen LogP contribution >= 0.6 is 0 Å². The molecule has 150 valence electrons. The highest BCUT2D eigenvalue weighted by atomic mass is 17.0. The Morgan fingerprint density at radius 2 is 0.833 bits per heavy atom. The van der Waals surface area contributed by atoms with Crippen LogP contribution in [0.1, 0.15) is 54.4 Å². The molecule has 0 bridgehead atoms. The molecule has 0 aliphatic carbocycles. The lowest BCUT2D eigenvalue weighted by Gasteiger charge is -2.19. The van der Waals surface area contributed by atoms with Crippen LogP contribution in [0.5, 0.6) is 0 Å². The van der Waals surface area contributed by atoms with Crippen molar-refractivity contribution < 1.29 is 50.0 Å². The van der Waals surface area contributed by atoms with Crippen LogP contribution in [0.4, 0.5) is 9.59 Å². The fourth-order valence-electron chi connectivity index (χ4n) is 0.289. The average molecular weight is 362 g/mol. The van der Waals surface area contributed by atoms with Crippen molar-refractivity contribution in [3.05, 3.63) is 0 Å². The van der Waals surface area contributed by atoms with E-state index in [1.807, 2.05) is 0 Å². The normalized spacial score (nSPS) is 9.25. The van der Waals surface area contributed by atoms with Crippen molar-refractivity contribution in [2.24, 2.45) is 0 Å². The van der Waals surface area contributed by atoms with Gasteiger partial charge in [-0.2, -0.15) is 0 Å². The van der Waals surface area contributed by atoms with Crippen molar-refractivity contribution in [1.29, 1.82) is 0 Å². The average Bonchev–Trinajstić information content (AvgIpc) is 2.49. The number of carboxylic acid groups (broad SMARTS) is 4. The van der Waals surface area contributed by atoms with Crippen LogP contribution in [0.2, 0.25) is 0 Å². The predicted octanol–water partition coefficient (Wildman–Crippen LogP) is 4.11. The van der Waals surface area contributed by atoms with Crippen molar-refractivity contribution in [2.45, 2.75) is 65.6 Å². The molecule has 0 spiro atoms. The van der Waals surface area contributed by atoms with E-state index in [1.165, 1.54) is 0 Å². The summed E-state index contributed by atoms with van der Waals surface area (Å²) in [5.41, 5.74) is 0.167. The molecule has 0 fully saturated rings. The van der Waals surface area contributed by atoms with Crippen LogP contribution in [-0.4, -0.2) is 68.7 Å². The molecule has 0 heterocycles. The summed E-state index contributed by atoms with van der Waals surface area (Å²) in [5.74, 6) is 0. The molecule has 0 aromatic carbocycles. The summed E-state index contributed by atoms with van der Waals surface area (Å²) in [6.07, 6.45) is -1.52. The van der Waals surface area contributed by atoms with Gasteiger partial charge >= 0.3 is 12.3 Å². The maximum Gasteiger partial charge on any atom is 0.503 e. The van der Waals surface area contributed by atoms with Gasteiger partial charge in [-0.3, -0.25) is 10.5 Å². The van der Waals surface area contributed by atoms with Gasteiger partial charge in [0, 0.05) is 14.2 Å². The lowest BCUT2D eigenvalue weighted by molar-refractivity contribution is -0.176. The van der Waals surface area contributed by atoms with Gasteiger partial charge in [-0.15, -0.1) is 0 Å². The Bertz CT molecular complexity index is 229. The molecular formula is C14H34O10. The molecule has 0 aliphatic heterocycles. The van der Waals surface area contributed by atoms with Crippen molar-refractivity contribution in [3.63, 3.8) is 0 Å². The molecule has 0 rings (SSSR count). The topological polar surface area (TPSA) is 174 Å². The van der Waals surface area contributed by atoms with Crippen LogP contribution in [-0.2, 0) is 9.47 Å². The number of ether oxygens (including phenoxy) is 2. The van der Waals surface area contributed by atoms with E-state index < -0.39 is 12.3 Å². The molecule has 0 aliphatic rings. The molecule has 0 saturated carbocycles. The maximum absolute atomic E-state index is 8.56. The van der Waals surface area contributed by atoms with Gasteiger partial charge in [-0.05, 0) is 40.5 Å². The smallest absolute Gasteiger partial charge is 0.450 e. The second kappa shape index (κ2) is 21.4. The number of hydrogen-bond acceptors (Lipinski definition) is 6. The summed E-state index contributed by atoms with van der Waals surface area (Å²) < 4.78 is 10.2. The van der Waals surface area contributed by atoms with E-state index in [0.29, 0.717) is 0 Å². The number of methoxy groups -OCH3 is 2. The first kappa shape index (κ1) is 33.9. The van der Waals surface area contributed by atoms with Crippen LogP contribution in [0.15, 0.2) is 0 Å². The van der Waals surface area contributed by atoms with E-state index in [0.717, 1.165) is 12.8 Å². The molecule has 0 atom stereocenters. The third kappa shape index (κ3) is 71.0. The second-order valence-electron chi connectivity index (χ2n) is 5.20. The number of carbonyl (C=O) groups is 2. The van der Waals surface area contributed by atoms with E-state index in [1.54, 1.807) is 14.2 Å². The first-order valence-electron chi connectivity index (χ1n) is 6.85. The minimum absolute atomic E-state index is 0.0833. The van der Waals surface area contributed by atoms with Crippen molar-refractivity contribution in [2.75, 3.05) is 14.2 Å². The van der Waals surface area contributed by atoms with Crippen LogP contribution in [0, 0.1) is 0 Å². The first-order valence-corrected chi connectivity index (χ1v) is 6.85. The molecule has 0 saturated heterocycles. The lowest BCUT2D eigenvalue weighted by Crippen LogP contribution is -2.20. The lowest BCUT2D eigenvalue weighted by atomic mass is 10.1. The molecule has 0 unspecified atom stereocenters. The molecular weight excluding hydrogens is 328 g/mol. The molecule has 10 nitrogen and oxygen atoms in total. The largest absolute Gasteiger partial charge is 0.503 e. The van der Waals surface area contributed by atoms with Gasteiger partial charge in [0.1, 0.15) is 0 Å². The standard InChI is InChI=1S/2C6H14O.2CH2O3.H2O2/c2*1-5-6(2,3)7-4;2*2-1(3)4;1-2/h2*5H2,1-4H3;2*(H2,2,3,4);1-2H. The van der Waals surface area contributed by atoms with E-state index in [9.17, 15) is 0 Å². The first-order chi connectivity index (χ1) is 10.7. The summed E-state index contributed by atoms with van der Waals surface area (Å²) >= 11 is 0. The quantitative estimate of drug-likeness (QED) is 0.315. The van der Waals surface area contributed by atoms with Gasteiger partial charge in [-0.25, -0.2) is 9.59 Å². The highest BCUT2D eigenvalue weighted by Crippen LogP contribution is 2.10. The van der Waals surface area contributed by atoms with Gasteiger partial charge in [0.25, 0.3) is 0 Å².